The number of aromatic nitrogens is 3. The molecule has 0 aliphatic heterocycles. The fourth-order valence-electron chi connectivity index (χ4n) is 4.06. The molecule has 1 saturated carbocycles. The molecule has 6 nitrogen and oxygen atoms in total. The lowest BCUT2D eigenvalue weighted by atomic mass is 10.1. The molecule has 12 heteroatoms. The van der Waals surface area contributed by atoms with Crippen LogP contribution in [0.25, 0.3) is 0 Å². The van der Waals surface area contributed by atoms with Crippen molar-refractivity contribution < 1.29 is 31.1 Å². The summed E-state index contributed by atoms with van der Waals surface area (Å²) in [5.74, 6) is -0.188. The number of hydrogen-bond donors (Lipinski definition) is 1. The summed E-state index contributed by atoms with van der Waals surface area (Å²) >= 11 is 0. The second-order valence-electron chi connectivity index (χ2n) is 8.07. The van der Waals surface area contributed by atoms with Crippen molar-refractivity contribution in [2.24, 2.45) is 0 Å². The van der Waals surface area contributed by atoms with Crippen LogP contribution in [-0.4, -0.2) is 21.0 Å². The predicted octanol–water partition coefficient (Wildman–Crippen LogP) is 6.15. The van der Waals surface area contributed by atoms with Crippen molar-refractivity contribution in [3.05, 3.63) is 65.2 Å². The van der Waals surface area contributed by atoms with Gasteiger partial charge in [0.2, 0.25) is 11.9 Å². The molecule has 2 aromatic carbocycles. The summed E-state index contributed by atoms with van der Waals surface area (Å²) in [4.78, 5) is 13.9. The molecule has 0 saturated heterocycles. The molecular weight excluding hydrogens is 476 g/mol. The zero-order chi connectivity index (χ0) is 25.2. The summed E-state index contributed by atoms with van der Waals surface area (Å²) in [7, 11) is 0. The van der Waals surface area contributed by atoms with Gasteiger partial charge >= 0.3 is 18.4 Å². The van der Waals surface area contributed by atoms with Gasteiger partial charge in [0.25, 0.3) is 0 Å². The highest BCUT2D eigenvalue weighted by atomic mass is 19.4. The van der Waals surface area contributed by atoms with Gasteiger partial charge in [0.05, 0.1) is 11.1 Å². The number of ether oxygens (including phenoxy) is 1. The van der Waals surface area contributed by atoms with E-state index < -0.39 is 30.1 Å². The van der Waals surface area contributed by atoms with E-state index in [0.29, 0.717) is 5.69 Å². The van der Waals surface area contributed by atoms with E-state index in [9.17, 15) is 26.3 Å². The van der Waals surface area contributed by atoms with Crippen LogP contribution in [0, 0.1) is 0 Å². The maximum absolute atomic E-state index is 13.3. The monoisotopic (exact) mass is 497 g/mol. The van der Waals surface area contributed by atoms with Crippen LogP contribution in [0.3, 0.4) is 0 Å². The molecule has 35 heavy (non-hydrogen) atoms. The highest BCUT2D eigenvalue weighted by Crippen LogP contribution is 2.37. The molecule has 0 bridgehead atoms. The first-order valence-electron chi connectivity index (χ1n) is 10.8. The van der Waals surface area contributed by atoms with Crippen molar-refractivity contribution in [3.8, 4) is 6.01 Å². The number of halogens is 6. The molecule has 1 aliphatic carbocycles. The van der Waals surface area contributed by atoms with E-state index in [-0.39, 0.29) is 29.5 Å². The molecule has 0 spiro atoms. The van der Waals surface area contributed by atoms with E-state index in [4.69, 9.17) is 10.5 Å². The lowest BCUT2D eigenvalue weighted by molar-refractivity contribution is -0.139. The van der Waals surface area contributed by atoms with Gasteiger partial charge in [-0.3, -0.25) is 0 Å². The van der Waals surface area contributed by atoms with Crippen molar-refractivity contribution in [3.63, 3.8) is 0 Å². The Morgan fingerprint density at radius 3 is 2.14 bits per heavy atom. The number of benzene rings is 2. The normalized spacial score (nSPS) is 14.8. The van der Waals surface area contributed by atoms with Crippen molar-refractivity contribution in [1.82, 2.24) is 15.0 Å². The number of rotatable bonds is 6. The predicted molar refractivity (Wildman–Crippen MR) is 116 cm³/mol. The Hall–Kier alpha value is -3.57. The van der Waals surface area contributed by atoms with Gasteiger partial charge in [-0.25, -0.2) is 0 Å². The maximum Gasteiger partial charge on any atom is 0.416 e. The second-order valence-corrected chi connectivity index (χ2v) is 8.07. The Balaban J connectivity index is 1.64. The Bertz CT molecular complexity index is 1160. The van der Waals surface area contributed by atoms with Crippen molar-refractivity contribution in [1.29, 1.82) is 0 Å². The number of alkyl halides is 6. The third kappa shape index (κ3) is 5.75. The topological polar surface area (TPSA) is 77.2 Å². The van der Waals surface area contributed by atoms with Gasteiger partial charge in [0.1, 0.15) is 6.61 Å². The zero-order valence-electron chi connectivity index (χ0n) is 18.3. The third-order valence-electron chi connectivity index (χ3n) is 5.68. The minimum atomic E-state index is -4.56. The van der Waals surface area contributed by atoms with Crippen LogP contribution >= 0.6 is 0 Å². The maximum atomic E-state index is 13.3. The number of hydrogen-bond acceptors (Lipinski definition) is 6. The van der Waals surface area contributed by atoms with E-state index in [0.717, 1.165) is 43.9 Å². The number of nitrogens with zero attached hydrogens (tertiary/aromatic N) is 4. The molecule has 1 fully saturated rings. The quantitative estimate of drug-likeness (QED) is 0.412. The molecule has 3 aromatic rings. The first kappa shape index (κ1) is 24.6. The van der Waals surface area contributed by atoms with Crippen LogP contribution in [0.2, 0.25) is 0 Å². The summed E-state index contributed by atoms with van der Waals surface area (Å²) < 4.78 is 84.4. The van der Waals surface area contributed by atoms with Crippen LogP contribution < -0.4 is 15.4 Å². The summed E-state index contributed by atoms with van der Waals surface area (Å²) in [5.41, 5.74) is 4.49. The first-order valence-corrected chi connectivity index (χ1v) is 10.8. The Kier molecular flexibility index (Phi) is 6.73. The minimum Gasteiger partial charge on any atom is -0.458 e. The second kappa shape index (κ2) is 9.59. The molecule has 1 heterocycles. The summed E-state index contributed by atoms with van der Waals surface area (Å²) in [6.07, 6.45) is -5.71. The van der Waals surface area contributed by atoms with Crippen LogP contribution in [0.1, 0.15) is 42.4 Å². The van der Waals surface area contributed by atoms with Gasteiger partial charge in [-0.2, -0.15) is 41.3 Å². The number of anilines is 3. The summed E-state index contributed by atoms with van der Waals surface area (Å²) in [6.45, 7) is -0.470. The van der Waals surface area contributed by atoms with Crippen LogP contribution in [0.5, 0.6) is 6.01 Å². The molecule has 2 N–H and O–H groups in total. The fourth-order valence-corrected chi connectivity index (χ4v) is 4.06. The van der Waals surface area contributed by atoms with Gasteiger partial charge in [0, 0.05) is 17.3 Å². The number of nitrogens with two attached hydrogens (primary N) is 1. The van der Waals surface area contributed by atoms with Gasteiger partial charge in [-0.1, -0.05) is 31.0 Å². The van der Waals surface area contributed by atoms with E-state index in [1.165, 1.54) is 30.3 Å². The molecule has 1 aliphatic rings. The highest BCUT2D eigenvalue weighted by Gasteiger charge is 2.34. The lowest BCUT2D eigenvalue weighted by Gasteiger charge is -2.29. The zero-order valence-corrected chi connectivity index (χ0v) is 18.3. The standard InChI is InChI=1S/C23H21F6N5O/c24-22(25,26)15-9-11-17(12-10-15)34(16-6-2-3-7-16)20-31-19(30)32-21(33-20)35-13-14-5-1-4-8-18(14)23(27,28)29/h1,4-5,8-12,16H,2-3,6-7,13H2,(H2,30,31,32,33). The largest absolute Gasteiger partial charge is 0.458 e. The molecule has 0 atom stereocenters. The smallest absolute Gasteiger partial charge is 0.416 e. The average Bonchev–Trinajstić information content (AvgIpc) is 3.31. The third-order valence-corrected chi connectivity index (χ3v) is 5.68. The van der Waals surface area contributed by atoms with Crippen LogP contribution in [0.15, 0.2) is 48.5 Å². The number of nitrogen functional groups attached to an aromatic ring is 1. The Labute approximate surface area is 196 Å². The van der Waals surface area contributed by atoms with Crippen molar-refractivity contribution in [2.45, 2.75) is 50.7 Å². The van der Waals surface area contributed by atoms with Crippen molar-refractivity contribution in [2.75, 3.05) is 10.6 Å². The van der Waals surface area contributed by atoms with Gasteiger partial charge in [-0.05, 0) is 43.2 Å². The Morgan fingerprint density at radius 2 is 1.51 bits per heavy atom. The van der Waals surface area contributed by atoms with Crippen molar-refractivity contribution >= 4 is 17.6 Å². The first-order chi connectivity index (χ1) is 16.5. The van der Waals surface area contributed by atoms with E-state index in [1.807, 2.05) is 0 Å². The Morgan fingerprint density at radius 1 is 0.857 bits per heavy atom. The molecule has 0 unspecified atom stereocenters. The van der Waals surface area contributed by atoms with E-state index >= 15 is 0 Å². The molecule has 186 valence electrons. The van der Waals surface area contributed by atoms with E-state index in [1.54, 1.807) is 4.90 Å². The average molecular weight is 497 g/mol. The summed E-state index contributed by atoms with van der Waals surface area (Å²) in [6, 6.07) is 9.12. The SMILES string of the molecule is Nc1nc(OCc2ccccc2C(F)(F)F)nc(N(c2ccc(C(F)(F)F)cc2)C2CCCC2)n1. The molecule has 4 rings (SSSR count). The van der Waals surface area contributed by atoms with Crippen LogP contribution in [-0.2, 0) is 19.0 Å². The molecule has 0 radical (unpaired) electrons. The molecule has 0 amide bonds. The highest BCUT2D eigenvalue weighted by molar-refractivity contribution is 5.60. The van der Waals surface area contributed by atoms with Gasteiger partial charge in [-0.15, -0.1) is 0 Å². The fraction of sp³-hybridized carbons (Fsp3) is 0.348. The van der Waals surface area contributed by atoms with Gasteiger partial charge < -0.3 is 15.4 Å². The van der Waals surface area contributed by atoms with E-state index in [2.05, 4.69) is 15.0 Å². The summed E-state index contributed by atoms with van der Waals surface area (Å²) in [5, 5.41) is 0. The molecular formula is C23H21F6N5O. The van der Waals surface area contributed by atoms with Crippen LogP contribution in [0.4, 0.5) is 43.9 Å². The molecule has 1 aromatic heterocycles. The minimum absolute atomic E-state index is 0.0447. The van der Waals surface area contributed by atoms with Gasteiger partial charge in [0.15, 0.2) is 0 Å². The lowest BCUT2D eigenvalue weighted by Crippen LogP contribution is -2.30.